The lowest BCUT2D eigenvalue weighted by Gasteiger charge is -2.25. The Morgan fingerprint density at radius 3 is 2.40 bits per heavy atom. The van der Waals surface area contributed by atoms with Crippen LogP contribution in [0.1, 0.15) is 20.3 Å². The van der Waals surface area contributed by atoms with Crippen LogP contribution in [-0.4, -0.2) is 21.9 Å². The van der Waals surface area contributed by atoms with Crippen molar-refractivity contribution in [3.05, 3.63) is 0 Å². The summed E-state index contributed by atoms with van der Waals surface area (Å²) < 4.78 is -0.605. The van der Waals surface area contributed by atoms with Crippen LogP contribution < -0.4 is 5.73 Å². The van der Waals surface area contributed by atoms with Crippen molar-refractivity contribution in [2.75, 3.05) is 0 Å². The summed E-state index contributed by atoms with van der Waals surface area (Å²) in [7, 11) is 0. The van der Waals surface area contributed by atoms with Crippen molar-refractivity contribution in [1.82, 2.24) is 0 Å². The van der Waals surface area contributed by atoms with E-state index in [0.29, 0.717) is 6.42 Å². The van der Waals surface area contributed by atoms with Crippen molar-refractivity contribution < 1.29 is 9.90 Å². The number of carbonyl (C=O) groups is 1. The molecule has 2 atom stereocenters. The zero-order valence-electron chi connectivity index (χ0n) is 6.16. The number of carboxylic acids is 1. The zero-order valence-corrected chi connectivity index (χ0v) is 7.06. The summed E-state index contributed by atoms with van der Waals surface area (Å²) in [6, 6.07) is -0.888. The molecule has 0 radical (unpaired) electrons. The molecule has 0 bridgehead atoms. The molecule has 0 aliphatic carbocycles. The number of hydrogen-bond acceptors (Lipinski definition) is 3. The summed E-state index contributed by atoms with van der Waals surface area (Å²) in [5.74, 6) is -1.00. The lowest BCUT2D eigenvalue weighted by Crippen LogP contribution is -2.46. The van der Waals surface area contributed by atoms with Crippen LogP contribution in [0.5, 0.6) is 0 Å². The first kappa shape index (κ1) is 9.78. The van der Waals surface area contributed by atoms with E-state index >= 15 is 0 Å². The van der Waals surface area contributed by atoms with Crippen molar-refractivity contribution in [2.45, 2.75) is 31.1 Å². The maximum Gasteiger partial charge on any atom is 0.321 e. The smallest absolute Gasteiger partial charge is 0.321 e. The summed E-state index contributed by atoms with van der Waals surface area (Å²) in [4.78, 5) is 10.3. The normalized spacial score (nSPS) is 19.6. The monoisotopic (exact) mass is 163 g/mol. The van der Waals surface area contributed by atoms with Gasteiger partial charge >= 0.3 is 5.97 Å². The van der Waals surface area contributed by atoms with Crippen molar-refractivity contribution in [3.8, 4) is 0 Å². The molecule has 0 aromatic rings. The van der Waals surface area contributed by atoms with Gasteiger partial charge in [-0.25, -0.2) is 0 Å². The van der Waals surface area contributed by atoms with Gasteiger partial charge in [-0.05, 0) is 13.3 Å². The third kappa shape index (κ3) is 2.19. The molecule has 0 saturated heterocycles. The minimum absolute atomic E-state index is 0.605. The summed E-state index contributed by atoms with van der Waals surface area (Å²) in [6.45, 7) is 3.57. The predicted octanol–water partition coefficient (Wildman–Crippen LogP) is 0.497. The van der Waals surface area contributed by atoms with Gasteiger partial charge in [-0.1, -0.05) is 6.92 Å². The molecule has 0 aromatic heterocycles. The van der Waals surface area contributed by atoms with E-state index in [1.165, 1.54) is 0 Å². The second-order valence-corrected chi connectivity index (χ2v) is 3.55. The average Bonchev–Trinajstić information content (AvgIpc) is 1.86. The standard InChI is InChI=1S/C6H13NO2S/c1-3-6(2,10)4(7)5(8)9/h4,10H,3,7H2,1-2H3,(H,8,9)/t4-,6+/m1/s1. The summed E-state index contributed by atoms with van der Waals surface area (Å²) in [6.07, 6.45) is 0.642. The largest absolute Gasteiger partial charge is 0.480 e. The van der Waals surface area contributed by atoms with Gasteiger partial charge < -0.3 is 10.8 Å². The highest BCUT2D eigenvalue weighted by Crippen LogP contribution is 2.21. The minimum Gasteiger partial charge on any atom is -0.480 e. The van der Waals surface area contributed by atoms with Gasteiger partial charge in [-0.2, -0.15) is 12.6 Å². The number of rotatable bonds is 3. The highest BCUT2D eigenvalue weighted by atomic mass is 32.1. The van der Waals surface area contributed by atoms with Gasteiger partial charge in [0, 0.05) is 4.75 Å². The van der Waals surface area contributed by atoms with Gasteiger partial charge in [-0.15, -0.1) is 0 Å². The van der Waals surface area contributed by atoms with E-state index < -0.39 is 16.8 Å². The molecule has 4 heteroatoms. The Bertz CT molecular complexity index is 136. The van der Waals surface area contributed by atoms with Gasteiger partial charge in [0.25, 0.3) is 0 Å². The Hall–Kier alpha value is -0.220. The molecule has 10 heavy (non-hydrogen) atoms. The lowest BCUT2D eigenvalue weighted by molar-refractivity contribution is -0.139. The van der Waals surface area contributed by atoms with Crippen molar-refractivity contribution in [3.63, 3.8) is 0 Å². The molecule has 0 heterocycles. The van der Waals surface area contributed by atoms with E-state index in [9.17, 15) is 4.79 Å². The van der Waals surface area contributed by atoms with E-state index in [-0.39, 0.29) is 0 Å². The van der Waals surface area contributed by atoms with Gasteiger partial charge in [0.05, 0.1) is 0 Å². The number of aliphatic carboxylic acids is 1. The van der Waals surface area contributed by atoms with E-state index in [2.05, 4.69) is 12.6 Å². The van der Waals surface area contributed by atoms with Crippen LogP contribution in [-0.2, 0) is 4.79 Å². The Morgan fingerprint density at radius 2 is 2.30 bits per heavy atom. The SMILES string of the molecule is CC[C@](C)(S)[C@H](N)C(=O)O. The Labute approximate surface area is 66.0 Å². The molecule has 0 spiro atoms. The van der Waals surface area contributed by atoms with E-state index in [1.807, 2.05) is 6.92 Å². The molecule has 0 fully saturated rings. The third-order valence-corrected chi connectivity index (χ3v) is 2.25. The fourth-order valence-corrected chi connectivity index (χ4v) is 0.596. The van der Waals surface area contributed by atoms with Crippen LogP contribution in [0, 0.1) is 0 Å². The number of nitrogens with two attached hydrogens (primary N) is 1. The maximum absolute atomic E-state index is 10.3. The van der Waals surface area contributed by atoms with E-state index in [0.717, 1.165) is 0 Å². The van der Waals surface area contributed by atoms with Gasteiger partial charge in [0.2, 0.25) is 0 Å². The van der Waals surface area contributed by atoms with Crippen LogP contribution in [0.3, 0.4) is 0 Å². The molecule has 0 aliphatic rings. The molecule has 0 saturated carbocycles. The fraction of sp³-hybridized carbons (Fsp3) is 0.833. The van der Waals surface area contributed by atoms with Gasteiger partial charge in [0.1, 0.15) is 6.04 Å². The van der Waals surface area contributed by atoms with Crippen LogP contribution in [0.4, 0.5) is 0 Å². The Morgan fingerprint density at radius 1 is 1.90 bits per heavy atom. The average molecular weight is 163 g/mol. The van der Waals surface area contributed by atoms with Crippen molar-refractivity contribution in [2.24, 2.45) is 5.73 Å². The fourth-order valence-electron chi connectivity index (χ4n) is 0.486. The molecule has 0 aliphatic heterocycles. The molecule has 0 unspecified atom stereocenters. The number of hydrogen-bond donors (Lipinski definition) is 3. The summed E-state index contributed by atoms with van der Waals surface area (Å²) >= 11 is 4.12. The first-order valence-electron chi connectivity index (χ1n) is 3.12. The first-order valence-corrected chi connectivity index (χ1v) is 3.57. The van der Waals surface area contributed by atoms with E-state index in [4.69, 9.17) is 10.8 Å². The molecule has 0 rings (SSSR count). The molecular formula is C6H13NO2S. The highest BCUT2D eigenvalue weighted by molar-refractivity contribution is 7.81. The van der Waals surface area contributed by atoms with Gasteiger partial charge in [0.15, 0.2) is 0 Å². The molecule has 3 nitrogen and oxygen atoms in total. The molecular weight excluding hydrogens is 150 g/mol. The van der Waals surface area contributed by atoms with Crippen LogP contribution in [0.25, 0.3) is 0 Å². The molecule has 60 valence electrons. The quantitative estimate of drug-likeness (QED) is 0.531. The third-order valence-electron chi connectivity index (χ3n) is 1.65. The topological polar surface area (TPSA) is 63.3 Å². The number of carboxylic acid groups (broad SMARTS) is 1. The molecule has 0 aromatic carbocycles. The second-order valence-electron chi connectivity index (χ2n) is 2.53. The maximum atomic E-state index is 10.3. The van der Waals surface area contributed by atoms with Crippen LogP contribution in [0.15, 0.2) is 0 Å². The first-order chi connectivity index (χ1) is 4.41. The summed E-state index contributed by atoms with van der Waals surface area (Å²) in [5, 5.41) is 8.47. The van der Waals surface area contributed by atoms with E-state index in [1.54, 1.807) is 6.92 Å². The summed E-state index contributed by atoms with van der Waals surface area (Å²) in [5.41, 5.74) is 5.33. The Balaban J connectivity index is 4.17. The van der Waals surface area contributed by atoms with Crippen LogP contribution in [0.2, 0.25) is 0 Å². The predicted molar refractivity (Wildman–Crippen MR) is 43.3 cm³/mol. The molecule has 3 N–H and O–H groups in total. The zero-order chi connectivity index (χ0) is 8.36. The highest BCUT2D eigenvalue weighted by Gasteiger charge is 2.30. The number of thiol groups is 1. The van der Waals surface area contributed by atoms with Crippen LogP contribution >= 0.6 is 12.6 Å². The lowest BCUT2D eigenvalue weighted by atomic mass is 9.99. The second kappa shape index (κ2) is 3.25. The van der Waals surface area contributed by atoms with Crippen molar-refractivity contribution in [1.29, 1.82) is 0 Å². The minimum atomic E-state index is -1.00. The van der Waals surface area contributed by atoms with Crippen molar-refractivity contribution >= 4 is 18.6 Å². The van der Waals surface area contributed by atoms with Gasteiger partial charge in [-0.3, -0.25) is 4.79 Å². The Kier molecular flexibility index (Phi) is 3.18. The molecule has 0 amide bonds.